The third-order valence-electron chi connectivity index (χ3n) is 5.18. The maximum absolute atomic E-state index is 12.2. The highest BCUT2D eigenvalue weighted by Crippen LogP contribution is 2.26. The average Bonchev–Trinajstić information content (AvgIpc) is 2.65. The summed E-state index contributed by atoms with van der Waals surface area (Å²) in [6.07, 6.45) is 10.9. The van der Waals surface area contributed by atoms with Crippen molar-refractivity contribution in [2.45, 2.75) is 109 Å². The van der Waals surface area contributed by atoms with Crippen LogP contribution in [-0.4, -0.2) is 29.8 Å². The molecular formula is C19H36N2O2. The number of alkyl carbamates (subject to hydrolysis) is 1. The third kappa shape index (κ3) is 6.70. The van der Waals surface area contributed by atoms with Crippen molar-refractivity contribution in [3.8, 4) is 0 Å². The zero-order valence-corrected chi connectivity index (χ0v) is 15.5. The second-order valence-electron chi connectivity index (χ2n) is 8.62. The molecule has 0 radical (unpaired) electrons. The van der Waals surface area contributed by atoms with Crippen molar-refractivity contribution in [2.24, 2.45) is 5.92 Å². The van der Waals surface area contributed by atoms with Crippen LogP contribution in [0.3, 0.4) is 0 Å². The van der Waals surface area contributed by atoms with Crippen LogP contribution in [0.1, 0.15) is 85.5 Å². The maximum Gasteiger partial charge on any atom is 0.407 e. The van der Waals surface area contributed by atoms with Crippen LogP contribution in [0, 0.1) is 5.92 Å². The van der Waals surface area contributed by atoms with Gasteiger partial charge in [-0.1, -0.05) is 26.2 Å². The maximum atomic E-state index is 12.2. The van der Waals surface area contributed by atoms with Gasteiger partial charge in [0.05, 0.1) is 0 Å². The molecular weight excluding hydrogens is 288 g/mol. The molecule has 0 aromatic carbocycles. The summed E-state index contributed by atoms with van der Waals surface area (Å²) in [5.74, 6) is 0.873. The van der Waals surface area contributed by atoms with Gasteiger partial charge >= 0.3 is 6.09 Å². The summed E-state index contributed by atoms with van der Waals surface area (Å²) in [5, 5.41) is 7.01. The molecule has 0 spiro atoms. The molecule has 2 atom stereocenters. The molecule has 2 N–H and O–H groups in total. The quantitative estimate of drug-likeness (QED) is 0.757. The molecule has 0 bridgehead atoms. The number of nitrogens with one attached hydrogen (secondary N) is 2. The van der Waals surface area contributed by atoms with E-state index in [1.54, 1.807) is 0 Å². The van der Waals surface area contributed by atoms with Crippen LogP contribution in [0.15, 0.2) is 0 Å². The van der Waals surface area contributed by atoms with Crippen molar-refractivity contribution in [2.75, 3.05) is 0 Å². The van der Waals surface area contributed by atoms with Gasteiger partial charge in [-0.15, -0.1) is 0 Å². The predicted octanol–water partition coefficient (Wildman–Crippen LogP) is 4.38. The molecule has 2 aliphatic rings. The van der Waals surface area contributed by atoms with Crippen LogP contribution in [-0.2, 0) is 4.74 Å². The van der Waals surface area contributed by atoms with E-state index >= 15 is 0 Å². The van der Waals surface area contributed by atoms with E-state index in [-0.39, 0.29) is 12.1 Å². The molecule has 0 saturated heterocycles. The van der Waals surface area contributed by atoms with Crippen LogP contribution < -0.4 is 10.6 Å². The average molecular weight is 325 g/mol. The van der Waals surface area contributed by atoms with Crippen LogP contribution in [0.5, 0.6) is 0 Å². The van der Waals surface area contributed by atoms with Gasteiger partial charge in [0.2, 0.25) is 0 Å². The second-order valence-corrected chi connectivity index (χ2v) is 8.62. The van der Waals surface area contributed by atoms with E-state index in [4.69, 9.17) is 4.74 Å². The van der Waals surface area contributed by atoms with E-state index in [1.165, 1.54) is 44.9 Å². The topological polar surface area (TPSA) is 50.4 Å². The summed E-state index contributed by atoms with van der Waals surface area (Å²) in [6.45, 7) is 8.10. The second kappa shape index (κ2) is 8.36. The Bertz CT molecular complexity index is 370. The predicted molar refractivity (Wildman–Crippen MR) is 94.6 cm³/mol. The lowest BCUT2D eigenvalue weighted by Gasteiger charge is -2.34. The standard InChI is InChI=1S/C19H36N2O2/c1-14-10-12-15(13-11-14)20-16-8-6-5-7-9-17(16)21-18(22)23-19(2,3)4/h14-17,20H,5-13H2,1-4H3,(H,21,22). The monoisotopic (exact) mass is 324 g/mol. The van der Waals surface area contributed by atoms with Crippen molar-refractivity contribution in [3.63, 3.8) is 0 Å². The minimum atomic E-state index is -0.433. The van der Waals surface area contributed by atoms with Gasteiger partial charge in [0, 0.05) is 18.1 Å². The molecule has 0 aromatic rings. The van der Waals surface area contributed by atoms with Gasteiger partial charge < -0.3 is 15.4 Å². The summed E-state index contributed by atoms with van der Waals surface area (Å²) in [4.78, 5) is 12.2. The first-order chi connectivity index (χ1) is 10.8. The molecule has 0 aliphatic heterocycles. The lowest BCUT2D eigenvalue weighted by molar-refractivity contribution is 0.0486. The molecule has 2 saturated carbocycles. The fourth-order valence-electron chi connectivity index (χ4n) is 3.87. The molecule has 134 valence electrons. The molecule has 0 heterocycles. The Morgan fingerprint density at radius 1 is 0.913 bits per heavy atom. The zero-order valence-electron chi connectivity index (χ0n) is 15.5. The minimum absolute atomic E-state index is 0.201. The number of hydrogen-bond acceptors (Lipinski definition) is 3. The Kier molecular flexibility index (Phi) is 6.75. The normalized spacial score (nSPS) is 32.9. The summed E-state index contributed by atoms with van der Waals surface area (Å²) in [6, 6.07) is 1.22. The summed E-state index contributed by atoms with van der Waals surface area (Å²) < 4.78 is 5.46. The first-order valence-electron chi connectivity index (χ1n) is 9.59. The van der Waals surface area contributed by atoms with Gasteiger partial charge in [-0.25, -0.2) is 4.79 Å². The van der Waals surface area contributed by atoms with E-state index in [2.05, 4.69) is 17.6 Å². The molecule has 2 rings (SSSR count). The van der Waals surface area contributed by atoms with Gasteiger partial charge in [-0.2, -0.15) is 0 Å². The highest BCUT2D eigenvalue weighted by atomic mass is 16.6. The first-order valence-corrected chi connectivity index (χ1v) is 9.59. The van der Waals surface area contributed by atoms with Crippen molar-refractivity contribution in [3.05, 3.63) is 0 Å². The van der Waals surface area contributed by atoms with Gasteiger partial charge in [0.25, 0.3) is 0 Å². The van der Waals surface area contributed by atoms with E-state index in [0.717, 1.165) is 18.8 Å². The third-order valence-corrected chi connectivity index (χ3v) is 5.18. The number of amides is 1. The molecule has 1 amide bonds. The Balaban J connectivity index is 1.89. The largest absolute Gasteiger partial charge is 0.444 e. The van der Waals surface area contributed by atoms with E-state index in [9.17, 15) is 4.79 Å². The van der Waals surface area contributed by atoms with Crippen molar-refractivity contribution in [1.82, 2.24) is 10.6 Å². The molecule has 4 nitrogen and oxygen atoms in total. The van der Waals surface area contributed by atoms with Crippen LogP contribution >= 0.6 is 0 Å². The van der Waals surface area contributed by atoms with Crippen LogP contribution in [0.4, 0.5) is 4.79 Å². The molecule has 0 aromatic heterocycles. The van der Waals surface area contributed by atoms with Gasteiger partial charge in [-0.3, -0.25) is 0 Å². The molecule has 23 heavy (non-hydrogen) atoms. The van der Waals surface area contributed by atoms with E-state index < -0.39 is 5.60 Å². The highest BCUT2D eigenvalue weighted by molar-refractivity contribution is 5.68. The highest BCUT2D eigenvalue weighted by Gasteiger charge is 2.29. The van der Waals surface area contributed by atoms with Crippen LogP contribution in [0.25, 0.3) is 0 Å². The van der Waals surface area contributed by atoms with Crippen molar-refractivity contribution >= 4 is 6.09 Å². The van der Waals surface area contributed by atoms with Gasteiger partial charge in [-0.05, 0) is 65.2 Å². The van der Waals surface area contributed by atoms with Crippen LogP contribution in [0.2, 0.25) is 0 Å². The Hall–Kier alpha value is -0.770. The number of rotatable bonds is 3. The van der Waals surface area contributed by atoms with Gasteiger partial charge in [0.1, 0.15) is 5.60 Å². The molecule has 4 heteroatoms. The van der Waals surface area contributed by atoms with E-state index in [1.807, 2.05) is 20.8 Å². The number of carbonyl (C=O) groups is 1. The fourth-order valence-corrected chi connectivity index (χ4v) is 3.87. The fraction of sp³-hybridized carbons (Fsp3) is 0.947. The van der Waals surface area contributed by atoms with Crippen molar-refractivity contribution < 1.29 is 9.53 Å². The minimum Gasteiger partial charge on any atom is -0.444 e. The number of carbonyl (C=O) groups excluding carboxylic acids is 1. The Labute approximate surface area is 142 Å². The summed E-state index contributed by atoms with van der Waals surface area (Å²) in [5.41, 5.74) is -0.433. The number of hydrogen-bond donors (Lipinski definition) is 2. The zero-order chi connectivity index (χ0) is 16.9. The van der Waals surface area contributed by atoms with Crippen molar-refractivity contribution in [1.29, 1.82) is 0 Å². The SMILES string of the molecule is CC1CCC(NC2CCCCCC2NC(=O)OC(C)(C)C)CC1. The lowest BCUT2D eigenvalue weighted by atomic mass is 9.86. The summed E-state index contributed by atoms with van der Waals surface area (Å²) in [7, 11) is 0. The Morgan fingerprint density at radius 3 is 2.13 bits per heavy atom. The number of ether oxygens (including phenoxy) is 1. The van der Waals surface area contributed by atoms with Gasteiger partial charge in [0.15, 0.2) is 0 Å². The first kappa shape index (κ1) is 18.6. The van der Waals surface area contributed by atoms with E-state index in [0.29, 0.717) is 12.1 Å². The molecule has 2 fully saturated rings. The smallest absolute Gasteiger partial charge is 0.407 e. The molecule has 2 unspecified atom stereocenters. The summed E-state index contributed by atoms with van der Waals surface area (Å²) >= 11 is 0. The molecule has 2 aliphatic carbocycles. The Morgan fingerprint density at radius 2 is 1.52 bits per heavy atom. The lowest BCUT2D eigenvalue weighted by Crippen LogP contribution is -2.53.